The summed E-state index contributed by atoms with van der Waals surface area (Å²) in [5, 5.41) is 3.30. The first-order chi connectivity index (χ1) is 7.96. The molecule has 2 aliphatic heterocycles. The lowest BCUT2D eigenvalue weighted by molar-refractivity contribution is -0.167. The smallest absolute Gasteiger partial charge is 0.326 e. The van der Waals surface area contributed by atoms with E-state index in [9.17, 15) is 4.79 Å². The molecule has 2 fully saturated rings. The van der Waals surface area contributed by atoms with Gasteiger partial charge in [0, 0.05) is 12.6 Å². The van der Waals surface area contributed by atoms with Crippen molar-refractivity contribution in [2.45, 2.75) is 51.0 Å². The summed E-state index contributed by atoms with van der Waals surface area (Å²) in [6, 6.07) is -0.149. The van der Waals surface area contributed by atoms with Crippen LogP contribution in [0.2, 0.25) is 0 Å². The standard InChI is InChI=1S/C12H21NO4/c1-12(2,3)17-11(14)9-6-16-10-7-15-5-4-8(10)13-9/h8-10,13H,4-7H2,1-3H3/t8-,9?,10+/m1/s1. The number of rotatable bonds is 1. The highest BCUT2D eigenvalue weighted by Crippen LogP contribution is 2.18. The number of hydrogen-bond acceptors (Lipinski definition) is 5. The normalized spacial score (nSPS) is 33.9. The van der Waals surface area contributed by atoms with Gasteiger partial charge in [-0.25, -0.2) is 0 Å². The Morgan fingerprint density at radius 3 is 2.82 bits per heavy atom. The van der Waals surface area contributed by atoms with Gasteiger partial charge in [-0.15, -0.1) is 0 Å². The van der Waals surface area contributed by atoms with Crippen molar-refractivity contribution in [2.75, 3.05) is 19.8 Å². The predicted octanol–water partition coefficient (Wildman–Crippen LogP) is 0.474. The van der Waals surface area contributed by atoms with Gasteiger partial charge in [0.05, 0.1) is 19.3 Å². The van der Waals surface area contributed by atoms with Crippen molar-refractivity contribution in [1.82, 2.24) is 5.32 Å². The molecule has 0 spiro atoms. The maximum Gasteiger partial charge on any atom is 0.326 e. The Kier molecular flexibility index (Phi) is 3.70. The molecule has 0 radical (unpaired) electrons. The largest absolute Gasteiger partial charge is 0.459 e. The van der Waals surface area contributed by atoms with Gasteiger partial charge in [-0.3, -0.25) is 10.1 Å². The summed E-state index contributed by atoms with van der Waals surface area (Å²) in [5.74, 6) is -0.234. The number of fused-ring (bicyclic) bond motifs is 1. The highest BCUT2D eigenvalue weighted by atomic mass is 16.6. The van der Waals surface area contributed by atoms with Crippen molar-refractivity contribution < 1.29 is 19.0 Å². The third-order valence-electron chi connectivity index (χ3n) is 2.89. The first-order valence-corrected chi connectivity index (χ1v) is 6.14. The van der Waals surface area contributed by atoms with Crippen LogP contribution in [0.4, 0.5) is 0 Å². The fourth-order valence-electron chi connectivity index (χ4n) is 2.10. The van der Waals surface area contributed by atoms with E-state index < -0.39 is 5.60 Å². The number of esters is 1. The van der Waals surface area contributed by atoms with E-state index in [1.165, 1.54) is 0 Å². The molecule has 2 saturated heterocycles. The van der Waals surface area contributed by atoms with Gasteiger partial charge in [0.25, 0.3) is 0 Å². The van der Waals surface area contributed by atoms with Crippen molar-refractivity contribution >= 4 is 5.97 Å². The van der Waals surface area contributed by atoms with Gasteiger partial charge in [0.2, 0.25) is 0 Å². The van der Waals surface area contributed by atoms with Crippen LogP contribution in [0.1, 0.15) is 27.2 Å². The summed E-state index contributed by atoms with van der Waals surface area (Å²) in [4.78, 5) is 11.9. The third kappa shape index (κ3) is 3.40. The Morgan fingerprint density at radius 2 is 2.12 bits per heavy atom. The van der Waals surface area contributed by atoms with Crippen molar-refractivity contribution in [3.63, 3.8) is 0 Å². The van der Waals surface area contributed by atoms with E-state index >= 15 is 0 Å². The Morgan fingerprint density at radius 1 is 1.35 bits per heavy atom. The second-order valence-electron chi connectivity index (χ2n) is 5.59. The molecular formula is C12H21NO4. The third-order valence-corrected chi connectivity index (χ3v) is 2.89. The van der Waals surface area contributed by atoms with E-state index in [4.69, 9.17) is 14.2 Å². The minimum Gasteiger partial charge on any atom is -0.459 e. The molecule has 1 unspecified atom stereocenters. The summed E-state index contributed by atoms with van der Waals surface area (Å²) in [6.07, 6.45) is 0.951. The van der Waals surface area contributed by atoms with Crippen LogP contribution in [0.15, 0.2) is 0 Å². The van der Waals surface area contributed by atoms with Crippen LogP contribution in [-0.2, 0) is 19.0 Å². The molecule has 0 amide bonds. The summed E-state index contributed by atoms with van der Waals surface area (Å²) >= 11 is 0. The zero-order chi connectivity index (χ0) is 12.5. The quantitative estimate of drug-likeness (QED) is 0.679. The molecule has 0 aromatic rings. The summed E-state index contributed by atoms with van der Waals surface area (Å²) in [6.45, 7) is 7.29. The zero-order valence-corrected chi connectivity index (χ0v) is 10.7. The van der Waals surface area contributed by atoms with Gasteiger partial charge < -0.3 is 14.2 Å². The fraction of sp³-hybridized carbons (Fsp3) is 0.917. The molecule has 0 aromatic heterocycles. The highest BCUT2D eigenvalue weighted by molar-refractivity contribution is 5.76. The summed E-state index contributed by atoms with van der Waals surface area (Å²) in [5.41, 5.74) is -0.453. The molecule has 5 nitrogen and oxygen atoms in total. The molecule has 0 bridgehead atoms. The molecular weight excluding hydrogens is 222 g/mol. The Balaban J connectivity index is 1.89. The van der Waals surface area contributed by atoms with Gasteiger partial charge in [0.1, 0.15) is 11.6 Å². The maximum absolute atomic E-state index is 11.9. The summed E-state index contributed by atoms with van der Waals surface area (Å²) < 4.78 is 16.3. The predicted molar refractivity (Wildman–Crippen MR) is 61.7 cm³/mol. The fourth-order valence-corrected chi connectivity index (χ4v) is 2.10. The Hall–Kier alpha value is -0.650. The van der Waals surface area contributed by atoms with Crippen molar-refractivity contribution in [2.24, 2.45) is 0 Å². The molecule has 0 saturated carbocycles. The van der Waals surface area contributed by atoms with Crippen LogP contribution in [0.5, 0.6) is 0 Å². The monoisotopic (exact) mass is 243 g/mol. The number of carbonyl (C=O) groups excluding carboxylic acids is 1. The maximum atomic E-state index is 11.9. The van der Waals surface area contributed by atoms with Gasteiger partial charge >= 0.3 is 5.97 Å². The van der Waals surface area contributed by atoms with Crippen molar-refractivity contribution in [3.05, 3.63) is 0 Å². The van der Waals surface area contributed by atoms with Crippen molar-refractivity contribution in [1.29, 1.82) is 0 Å². The van der Waals surface area contributed by atoms with E-state index in [0.717, 1.165) is 13.0 Å². The van der Waals surface area contributed by atoms with Gasteiger partial charge in [0.15, 0.2) is 0 Å². The van der Waals surface area contributed by atoms with Crippen LogP contribution < -0.4 is 5.32 Å². The number of morpholine rings is 1. The molecule has 17 heavy (non-hydrogen) atoms. The zero-order valence-electron chi connectivity index (χ0n) is 10.7. The first-order valence-electron chi connectivity index (χ1n) is 6.14. The van der Waals surface area contributed by atoms with Crippen molar-refractivity contribution in [3.8, 4) is 0 Å². The molecule has 1 N–H and O–H groups in total. The first kappa shape index (κ1) is 12.8. The molecule has 2 heterocycles. The average molecular weight is 243 g/mol. The lowest BCUT2D eigenvalue weighted by Crippen LogP contribution is -2.60. The highest BCUT2D eigenvalue weighted by Gasteiger charge is 2.37. The molecule has 5 heteroatoms. The van der Waals surface area contributed by atoms with Crippen LogP contribution in [0, 0.1) is 0 Å². The molecule has 98 valence electrons. The number of nitrogens with one attached hydrogen (secondary N) is 1. The van der Waals surface area contributed by atoms with Crippen LogP contribution in [0.3, 0.4) is 0 Å². The molecule has 3 atom stereocenters. The minimum atomic E-state index is -0.453. The van der Waals surface area contributed by atoms with E-state index in [1.807, 2.05) is 20.8 Å². The summed E-state index contributed by atoms with van der Waals surface area (Å²) in [7, 11) is 0. The molecule has 2 rings (SSSR count). The molecule has 0 aromatic carbocycles. The molecule has 0 aliphatic carbocycles. The SMILES string of the molecule is CC(C)(C)OC(=O)C1CO[C@H]2COCC[C@H]2N1. The van der Waals surface area contributed by atoms with E-state index in [0.29, 0.717) is 13.2 Å². The van der Waals surface area contributed by atoms with E-state index in [2.05, 4.69) is 5.32 Å². The second-order valence-corrected chi connectivity index (χ2v) is 5.59. The minimum absolute atomic E-state index is 0.0717. The lowest BCUT2D eigenvalue weighted by Gasteiger charge is -2.39. The Bertz CT molecular complexity index is 287. The van der Waals surface area contributed by atoms with E-state index in [-0.39, 0.29) is 24.2 Å². The van der Waals surface area contributed by atoms with Crippen LogP contribution in [0.25, 0.3) is 0 Å². The van der Waals surface area contributed by atoms with E-state index in [1.54, 1.807) is 0 Å². The van der Waals surface area contributed by atoms with Crippen LogP contribution >= 0.6 is 0 Å². The number of hydrogen-bond donors (Lipinski definition) is 1. The van der Waals surface area contributed by atoms with Gasteiger partial charge in [-0.05, 0) is 27.2 Å². The van der Waals surface area contributed by atoms with Gasteiger partial charge in [-0.2, -0.15) is 0 Å². The number of carbonyl (C=O) groups is 1. The average Bonchev–Trinajstić information content (AvgIpc) is 2.26. The second kappa shape index (κ2) is 4.92. The topological polar surface area (TPSA) is 56.8 Å². The Labute approximate surface area is 102 Å². The number of ether oxygens (including phenoxy) is 3. The molecule has 2 aliphatic rings. The van der Waals surface area contributed by atoms with Crippen LogP contribution in [-0.4, -0.2) is 49.6 Å². The van der Waals surface area contributed by atoms with Gasteiger partial charge in [-0.1, -0.05) is 0 Å². The lowest BCUT2D eigenvalue weighted by atomic mass is 10.0.